The van der Waals surface area contributed by atoms with Gasteiger partial charge in [0, 0.05) is 61.0 Å². The highest BCUT2D eigenvalue weighted by Gasteiger charge is 2.24. The highest BCUT2D eigenvalue weighted by molar-refractivity contribution is 6.19. The Morgan fingerprint density at radius 1 is 0.315 bits per heavy atom. The molecule has 0 radical (unpaired) electrons. The number of aromatic nitrogens is 3. The first-order chi connectivity index (χ1) is 26.8. The molecule has 0 amide bonds. The van der Waals surface area contributed by atoms with Crippen molar-refractivity contribution in [3.63, 3.8) is 0 Å². The molecule has 0 aliphatic heterocycles. The monoisotopic (exact) mass is 685 g/mol. The van der Waals surface area contributed by atoms with Crippen LogP contribution >= 0.6 is 0 Å². The van der Waals surface area contributed by atoms with Crippen LogP contribution in [0.15, 0.2) is 188 Å². The first kappa shape index (κ1) is 29.4. The third kappa shape index (κ3) is 4.09. The molecule has 0 fully saturated rings. The summed E-state index contributed by atoms with van der Waals surface area (Å²) in [6.45, 7) is 0. The van der Waals surface area contributed by atoms with Crippen LogP contribution in [-0.2, 0) is 0 Å². The van der Waals surface area contributed by atoms with Crippen molar-refractivity contribution in [1.29, 1.82) is 0 Å². The summed E-state index contributed by atoms with van der Waals surface area (Å²) in [6.07, 6.45) is 2.07. The van der Waals surface area contributed by atoms with Gasteiger partial charge in [-0.15, -0.1) is 0 Å². The van der Waals surface area contributed by atoms with Gasteiger partial charge in [-0.25, -0.2) is 0 Å². The van der Waals surface area contributed by atoms with Crippen molar-refractivity contribution in [3.05, 3.63) is 188 Å². The molecule has 3 aromatic heterocycles. The Bertz CT molecular complexity index is 3280. The third-order valence-corrected chi connectivity index (χ3v) is 11.5. The highest BCUT2D eigenvalue weighted by Crippen LogP contribution is 2.49. The second-order valence-electron chi connectivity index (χ2n) is 14.3. The summed E-state index contributed by atoms with van der Waals surface area (Å²) in [5.41, 5.74) is 16.7. The van der Waals surface area contributed by atoms with Crippen molar-refractivity contribution < 1.29 is 0 Å². The average molecular weight is 686 g/mol. The van der Waals surface area contributed by atoms with E-state index in [1.807, 2.05) is 0 Å². The fraction of sp³-hybridized carbons (Fsp3) is 0. The van der Waals surface area contributed by atoms with E-state index in [2.05, 4.69) is 197 Å². The Morgan fingerprint density at radius 2 is 0.833 bits per heavy atom. The Labute approximate surface area is 311 Å². The summed E-state index contributed by atoms with van der Waals surface area (Å²) in [6, 6.07) is 66.2. The first-order valence-corrected chi connectivity index (χ1v) is 18.5. The second-order valence-corrected chi connectivity index (χ2v) is 14.3. The highest BCUT2D eigenvalue weighted by atomic mass is 15.0. The number of rotatable bonds is 4. The fourth-order valence-corrected chi connectivity index (χ4v) is 9.13. The maximum atomic E-state index is 5.15. The molecule has 1 aliphatic rings. The minimum Gasteiger partial charge on any atom is -0.309 e. The van der Waals surface area contributed by atoms with Crippen LogP contribution in [-0.4, -0.2) is 14.1 Å². The summed E-state index contributed by atoms with van der Waals surface area (Å²) < 4.78 is 4.78. The molecule has 8 aromatic carbocycles. The Morgan fingerprint density at radius 3 is 1.54 bits per heavy atom. The van der Waals surface area contributed by atoms with E-state index >= 15 is 0 Å². The molecule has 1 aliphatic carbocycles. The van der Waals surface area contributed by atoms with E-state index in [4.69, 9.17) is 4.98 Å². The molecule has 3 heterocycles. The number of pyridine rings is 1. The van der Waals surface area contributed by atoms with Gasteiger partial charge in [0.15, 0.2) is 0 Å². The summed E-state index contributed by atoms with van der Waals surface area (Å²) in [5.74, 6) is 0. The van der Waals surface area contributed by atoms with Crippen molar-refractivity contribution in [1.82, 2.24) is 14.1 Å². The fourth-order valence-electron chi connectivity index (χ4n) is 9.13. The number of nitrogens with zero attached hydrogens (tertiary/aromatic N) is 3. The van der Waals surface area contributed by atoms with Gasteiger partial charge in [-0.1, -0.05) is 121 Å². The summed E-state index contributed by atoms with van der Waals surface area (Å²) in [7, 11) is 0. The smallest absolute Gasteiger partial charge is 0.0781 e. The SMILES string of the molecule is c1ccc(-n2c3ccccc3c3cc(-c4ccc5c(c4)c4ccc(-c6ncc7c8c(cccc68)-c6ccccc6-7)cc4n5-c4ccccc4)ccc32)cc1. The number of benzene rings is 8. The number of fused-ring (bicyclic) bond motifs is 9. The lowest BCUT2D eigenvalue weighted by molar-refractivity contribution is 1.18. The molecule has 12 rings (SSSR count). The van der Waals surface area contributed by atoms with Crippen LogP contribution in [0, 0.1) is 0 Å². The molecule has 0 bridgehead atoms. The molecule has 0 unspecified atom stereocenters. The predicted octanol–water partition coefficient (Wildman–Crippen LogP) is 13.4. The topological polar surface area (TPSA) is 22.8 Å². The van der Waals surface area contributed by atoms with E-state index < -0.39 is 0 Å². The van der Waals surface area contributed by atoms with E-state index in [-0.39, 0.29) is 0 Å². The standard InChI is InChI=1S/C51H31N3/c1-3-12-35(13-4-1)53-46-21-10-9-18-39(46)43-28-32(23-26-47(43)53)33-24-27-48-44(29-33)40-25-22-34(30-49(40)54(48)36-14-5-2-6-15-36)51-42-20-11-19-41-37-16-7-8-17-38(37)45(31-52-51)50(41)42/h1-31H. The lowest BCUT2D eigenvalue weighted by atomic mass is 9.98. The number of para-hydroxylation sites is 3. The lowest BCUT2D eigenvalue weighted by Crippen LogP contribution is -1.94. The van der Waals surface area contributed by atoms with Crippen LogP contribution < -0.4 is 0 Å². The zero-order chi connectivity index (χ0) is 35.3. The van der Waals surface area contributed by atoms with Gasteiger partial charge >= 0.3 is 0 Å². The van der Waals surface area contributed by atoms with E-state index in [1.165, 1.54) is 93.5 Å². The molecule has 54 heavy (non-hydrogen) atoms. The van der Waals surface area contributed by atoms with Crippen LogP contribution in [0.1, 0.15) is 0 Å². The molecule has 3 nitrogen and oxygen atoms in total. The summed E-state index contributed by atoms with van der Waals surface area (Å²) in [4.78, 5) is 5.15. The summed E-state index contributed by atoms with van der Waals surface area (Å²) >= 11 is 0. The zero-order valence-corrected chi connectivity index (χ0v) is 29.2. The molecule has 0 saturated heterocycles. The lowest BCUT2D eigenvalue weighted by Gasteiger charge is -2.11. The normalized spacial score (nSPS) is 12.1. The molecule has 0 N–H and O–H groups in total. The van der Waals surface area contributed by atoms with Crippen molar-refractivity contribution >= 4 is 54.4 Å². The Balaban J connectivity index is 1.06. The Hall–Kier alpha value is -7.23. The van der Waals surface area contributed by atoms with Gasteiger partial charge in [-0.05, 0) is 88.5 Å². The van der Waals surface area contributed by atoms with E-state index in [0.29, 0.717) is 0 Å². The second kappa shape index (κ2) is 11.1. The van der Waals surface area contributed by atoms with E-state index in [1.54, 1.807) is 0 Å². The minimum atomic E-state index is 1.01. The van der Waals surface area contributed by atoms with Crippen molar-refractivity contribution in [2.45, 2.75) is 0 Å². The molecular weight excluding hydrogens is 655 g/mol. The van der Waals surface area contributed by atoms with E-state index in [9.17, 15) is 0 Å². The largest absolute Gasteiger partial charge is 0.309 e. The molecule has 11 aromatic rings. The molecule has 0 spiro atoms. The maximum absolute atomic E-state index is 5.15. The molecular formula is C51H31N3. The van der Waals surface area contributed by atoms with Gasteiger partial charge in [-0.2, -0.15) is 0 Å². The third-order valence-electron chi connectivity index (χ3n) is 11.5. The van der Waals surface area contributed by atoms with Gasteiger partial charge in [0.05, 0.1) is 27.8 Å². The first-order valence-electron chi connectivity index (χ1n) is 18.5. The number of hydrogen-bond acceptors (Lipinski definition) is 1. The zero-order valence-electron chi connectivity index (χ0n) is 29.2. The minimum absolute atomic E-state index is 1.01. The maximum Gasteiger partial charge on any atom is 0.0781 e. The van der Waals surface area contributed by atoms with Crippen molar-refractivity contribution in [2.75, 3.05) is 0 Å². The summed E-state index contributed by atoms with van der Waals surface area (Å²) in [5, 5.41) is 7.44. The van der Waals surface area contributed by atoms with Gasteiger partial charge in [0.25, 0.3) is 0 Å². The predicted molar refractivity (Wildman–Crippen MR) is 226 cm³/mol. The van der Waals surface area contributed by atoms with Crippen molar-refractivity contribution in [3.8, 4) is 56.0 Å². The quantitative estimate of drug-likeness (QED) is 0.181. The van der Waals surface area contributed by atoms with Crippen LogP contribution in [0.25, 0.3) is 110 Å². The van der Waals surface area contributed by atoms with Gasteiger partial charge in [0.2, 0.25) is 0 Å². The van der Waals surface area contributed by atoms with Gasteiger partial charge in [-0.3, -0.25) is 4.98 Å². The molecule has 0 saturated carbocycles. The molecule has 3 heteroatoms. The van der Waals surface area contributed by atoms with Crippen LogP contribution in [0.4, 0.5) is 0 Å². The Kier molecular flexibility index (Phi) is 6.05. The molecule has 0 atom stereocenters. The average Bonchev–Trinajstić information content (AvgIpc) is 3.87. The van der Waals surface area contributed by atoms with Gasteiger partial charge in [0.1, 0.15) is 0 Å². The van der Waals surface area contributed by atoms with Crippen LogP contribution in [0.3, 0.4) is 0 Å². The van der Waals surface area contributed by atoms with Crippen LogP contribution in [0.2, 0.25) is 0 Å². The molecule has 250 valence electrons. The van der Waals surface area contributed by atoms with E-state index in [0.717, 1.165) is 16.9 Å². The van der Waals surface area contributed by atoms with Crippen LogP contribution in [0.5, 0.6) is 0 Å². The van der Waals surface area contributed by atoms with Gasteiger partial charge < -0.3 is 9.13 Å². The number of hydrogen-bond donors (Lipinski definition) is 0. The van der Waals surface area contributed by atoms with Crippen molar-refractivity contribution in [2.24, 2.45) is 0 Å².